The molecule has 1 aliphatic rings. The van der Waals surface area contributed by atoms with Crippen LogP contribution < -0.4 is 10.6 Å². The molecule has 2 N–H and O–H groups in total. The van der Waals surface area contributed by atoms with Crippen LogP contribution in [0.3, 0.4) is 0 Å². The summed E-state index contributed by atoms with van der Waals surface area (Å²) in [6.45, 7) is 0. The Morgan fingerprint density at radius 3 is 2.53 bits per heavy atom. The molecule has 0 aliphatic carbocycles. The van der Waals surface area contributed by atoms with Crippen molar-refractivity contribution < 1.29 is 4.79 Å². The summed E-state index contributed by atoms with van der Waals surface area (Å²) in [5.41, 5.74) is 2.30. The van der Waals surface area contributed by atoms with Gasteiger partial charge in [-0.1, -0.05) is 41.4 Å². The number of amides is 1. The average molecular weight is 293 g/mol. The van der Waals surface area contributed by atoms with Crippen LogP contribution in [0.2, 0.25) is 10.0 Å². The zero-order valence-corrected chi connectivity index (χ0v) is 11.3. The normalized spacial score (nSPS) is 17.4. The minimum Gasteiger partial charge on any atom is -0.361 e. The van der Waals surface area contributed by atoms with Crippen molar-refractivity contribution in [2.24, 2.45) is 0 Å². The third-order valence-corrected chi connectivity index (χ3v) is 3.76. The van der Waals surface area contributed by atoms with Crippen LogP contribution in [0.25, 0.3) is 0 Å². The van der Waals surface area contributed by atoms with Crippen LogP contribution in [0.4, 0.5) is 5.69 Å². The van der Waals surface area contributed by atoms with Crippen LogP contribution in [0.15, 0.2) is 42.5 Å². The summed E-state index contributed by atoms with van der Waals surface area (Å²) in [5.74, 6) is -0.106. The van der Waals surface area contributed by atoms with Gasteiger partial charge in [0.15, 0.2) is 0 Å². The Kier molecular flexibility index (Phi) is 3.09. The summed E-state index contributed by atoms with van der Waals surface area (Å²) in [5, 5.41) is 7.10. The summed E-state index contributed by atoms with van der Waals surface area (Å²) in [6.07, 6.45) is -0.308. The lowest BCUT2D eigenvalue weighted by atomic mass is 10.1. The van der Waals surface area contributed by atoms with Crippen molar-refractivity contribution in [3.8, 4) is 0 Å². The van der Waals surface area contributed by atoms with Gasteiger partial charge >= 0.3 is 0 Å². The number of halogens is 2. The van der Waals surface area contributed by atoms with Gasteiger partial charge in [0.2, 0.25) is 0 Å². The minimum atomic E-state index is -0.308. The van der Waals surface area contributed by atoms with Crippen molar-refractivity contribution in [3.63, 3.8) is 0 Å². The largest absolute Gasteiger partial charge is 0.361 e. The number of fused-ring (bicyclic) bond motifs is 1. The Bertz CT molecular complexity index is 658. The fourth-order valence-corrected chi connectivity index (χ4v) is 2.37. The van der Waals surface area contributed by atoms with Gasteiger partial charge < -0.3 is 10.6 Å². The van der Waals surface area contributed by atoms with Gasteiger partial charge in [-0.2, -0.15) is 0 Å². The molecule has 3 rings (SSSR count). The fourth-order valence-electron chi connectivity index (χ4n) is 2.07. The van der Waals surface area contributed by atoms with Gasteiger partial charge in [-0.25, -0.2) is 0 Å². The maximum atomic E-state index is 12.0. The first-order valence-corrected chi connectivity index (χ1v) is 6.52. The Labute approximate surface area is 120 Å². The molecule has 2 aromatic carbocycles. The van der Waals surface area contributed by atoms with Gasteiger partial charge in [-0.3, -0.25) is 4.79 Å². The van der Waals surface area contributed by atoms with Crippen LogP contribution in [-0.2, 0) is 0 Å². The molecule has 0 radical (unpaired) electrons. The standard InChI is InChI=1S/C14H10Cl2N2O/c15-10-6-5-8(7-11(10)16)13-17-12-4-2-1-3-9(12)14(19)18-13/h1-7,13,17H,(H,18,19)/t13-/m1/s1. The van der Waals surface area contributed by atoms with Gasteiger partial charge in [0.05, 0.1) is 15.6 Å². The topological polar surface area (TPSA) is 41.1 Å². The molecule has 1 amide bonds. The molecule has 1 atom stereocenters. The van der Waals surface area contributed by atoms with E-state index < -0.39 is 0 Å². The monoisotopic (exact) mass is 292 g/mol. The zero-order chi connectivity index (χ0) is 13.4. The number of hydrogen-bond donors (Lipinski definition) is 2. The molecule has 19 heavy (non-hydrogen) atoms. The summed E-state index contributed by atoms with van der Waals surface area (Å²) in [7, 11) is 0. The Hall–Kier alpha value is -1.71. The first-order valence-electron chi connectivity index (χ1n) is 5.76. The molecule has 5 heteroatoms. The molecule has 0 unspecified atom stereocenters. The molecule has 3 nitrogen and oxygen atoms in total. The third kappa shape index (κ3) is 2.27. The molecule has 1 heterocycles. The van der Waals surface area contributed by atoms with Crippen LogP contribution in [0.5, 0.6) is 0 Å². The van der Waals surface area contributed by atoms with Gasteiger partial charge in [0.25, 0.3) is 5.91 Å². The Balaban J connectivity index is 1.96. The van der Waals surface area contributed by atoms with E-state index in [1.165, 1.54) is 0 Å². The second kappa shape index (κ2) is 4.76. The van der Waals surface area contributed by atoms with E-state index in [-0.39, 0.29) is 12.1 Å². The van der Waals surface area contributed by atoms with Gasteiger partial charge in [0.1, 0.15) is 6.17 Å². The van der Waals surface area contributed by atoms with E-state index in [0.717, 1.165) is 11.3 Å². The first kappa shape index (κ1) is 12.3. The van der Waals surface area contributed by atoms with E-state index in [9.17, 15) is 4.79 Å². The highest BCUT2D eigenvalue weighted by Gasteiger charge is 2.24. The number of hydrogen-bond acceptors (Lipinski definition) is 2. The van der Waals surface area contributed by atoms with Crippen molar-refractivity contribution in [2.45, 2.75) is 6.17 Å². The van der Waals surface area contributed by atoms with Crippen LogP contribution in [0, 0.1) is 0 Å². The maximum Gasteiger partial charge on any atom is 0.255 e. The van der Waals surface area contributed by atoms with E-state index in [1.54, 1.807) is 18.2 Å². The summed E-state index contributed by atoms with van der Waals surface area (Å²) >= 11 is 11.9. The smallest absolute Gasteiger partial charge is 0.255 e. The quantitative estimate of drug-likeness (QED) is 0.838. The number of carbonyl (C=O) groups excluding carboxylic acids is 1. The number of para-hydroxylation sites is 1. The predicted molar refractivity (Wildman–Crippen MR) is 76.7 cm³/mol. The zero-order valence-electron chi connectivity index (χ0n) is 9.78. The third-order valence-electron chi connectivity index (χ3n) is 3.02. The van der Waals surface area contributed by atoms with Crippen molar-refractivity contribution in [2.75, 3.05) is 5.32 Å². The highest BCUT2D eigenvalue weighted by Crippen LogP contribution is 2.29. The molecule has 2 aromatic rings. The van der Waals surface area contributed by atoms with Gasteiger partial charge in [0, 0.05) is 5.69 Å². The van der Waals surface area contributed by atoms with Crippen molar-refractivity contribution in [3.05, 3.63) is 63.6 Å². The molecule has 1 aliphatic heterocycles. The summed E-state index contributed by atoms with van der Waals surface area (Å²) < 4.78 is 0. The summed E-state index contributed by atoms with van der Waals surface area (Å²) in [4.78, 5) is 12.0. The van der Waals surface area contributed by atoms with Crippen molar-refractivity contribution in [1.82, 2.24) is 5.32 Å². The molecular weight excluding hydrogens is 283 g/mol. The Morgan fingerprint density at radius 1 is 0.947 bits per heavy atom. The molecule has 0 fully saturated rings. The molecular formula is C14H10Cl2N2O. The second-order valence-corrected chi connectivity index (χ2v) is 5.08. The van der Waals surface area contributed by atoms with E-state index >= 15 is 0 Å². The molecule has 0 aromatic heterocycles. The van der Waals surface area contributed by atoms with E-state index in [2.05, 4.69) is 10.6 Å². The van der Waals surface area contributed by atoms with E-state index in [4.69, 9.17) is 23.2 Å². The number of benzene rings is 2. The lowest BCUT2D eigenvalue weighted by Gasteiger charge is -2.28. The summed E-state index contributed by atoms with van der Waals surface area (Å²) in [6, 6.07) is 12.7. The van der Waals surface area contributed by atoms with Gasteiger partial charge in [-0.05, 0) is 29.8 Å². The molecule has 0 bridgehead atoms. The number of anilines is 1. The lowest BCUT2D eigenvalue weighted by molar-refractivity contribution is 0.0935. The van der Waals surface area contributed by atoms with Crippen molar-refractivity contribution in [1.29, 1.82) is 0 Å². The van der Waals surface area contributed by atoms with Crippen LogP contribution in [0.1, 0.15) is 22.1 Å². The fraction of sp³-hybridized carbons (Fsp3) is 0.0714. The number of rotatable bonds is 1. The van der Waals surface area contributed by atoms with E-state index in [0.29, 0.717) is 15.6 Å². The van der Waals surface area contributed by atoms with Crippen molar-refractivity contribution >= 4 is 34.8 Å². The van der Waals surface area contributed by atoms with Crippen LogP contribution >= 0.6 is 23.2 Å². The maximum absolute atomic E-state index is 12.0. The second-order valence-electron chi connectivity index (χ2n) is 4.27. The molecule has 0 spiro atoms. The highest BCUT2D eigenvalue weighted by molar-refractivity contribution is 6.42. The highest BCUT2D eigenvalue weighted by atomic mass is 35.5. The van der Waals surface area contributed by atoms with Crippen LogP contribution in [-0.4, -0.2) is 5.91 Å². The number of nitrogens with one attached hydrogen (secondary N) is 2. The molecule has 0 saturated heterocycles. The van der Waals surface area contributed by atoms with Gasteiger partial charge in [-0.15, -0.1) is 0 Å². The SMILES string of the molecule is O=C1N[C@H](c2ccc(Cl)c(Cl)c2)Nc2ccccc21. The number of carbonyl (C=O) groups is 1. The lowest BCUT2D eigenvalue weighted by Crippen LogP contribution is -2.38. The Morgan fingerprint density at radius 2 is 1.74 bits per heavy atom. The average Bonchev–Trinajstić information content (AvgIpc) is 2.42. The predicted octanol–water partition coefficient (Wildman–Crippen LogP) is 3.85. The molecule has 96 valence electrons. The first-order chi connectivity index (χ1) is 9.15. The van der Waals surface area contributed by atoms with E-state index in [1.807, 2.05) is 24.3 Å². The minimum absolute atomic E-state index is 0.106. The molecule has 0 saturated carbocycles.